The minimum absolute atomic E-state index is 0.0544. The summed E-state index contributed by atoms with van der Waals surface area (Å²) in [4.78, 5) is 8.49. The number of hydrogen-bond donors (Lipinski definition) is 2. The lowest BCUT2D eigenvalue weighted by atomic mass is 10.3. The summed E-state index contributed by atoms with van der Waals surface area (Å²) in [5, 5.41) is 6.51. The molecule has 0 unspecified atom stereocenters. The molecule has 1 fully saturated rings. The molecule has 0 atom stereocenters. The molecule has 1 saturated carbocycles. The second-order valence-corrected chi connectivity index (χ2v) is 12.3. The van der Waals surface area contributed by atoms with E-state index in [4.69, 9.17) is 0 Å². The lowest BCUT2D eigenvalue weighted by Gasteiger charge is -2.10. The van der Waals surface area contributed by atoms with Crippen LogP contribution in [-0.4, -0.2) is 36.6 Å². The highest BCUT2D eigenvalue weighted by Crippen LogP contribution is 2.35. The van der Waals surface area contributed by atoms with Crippen molar-refractivity contribution in [2.75, 3.05) is 9.44 Å². The quantitative estimate of drug-likeness (QED) is 0.350. The summed E-state index contributed by atoms with van der Waals surface area (Å²) in [7, 11) is -7.92. The lowest BCUT2D eigenvalue weighted by Crippen LogP contribution is -2.16. The predicted molar refractivity (Wildman–Crippen MR) is 133 cm³/mol. The molecule has 3 aromatic heterocycles. The molecule has 0 amide bonds. The third-order valence-electron chi connectivity index (χ3n) is 5.65. The van der Waals surface area contributed by atoms with Crippen molar-refractivity contribution in [1.29, 1.82) is 0 Å². The number of anilines is 2. The maximum atomic E-state index is 13.4. The SMILES string of the molecule is O=S(=O)(Nc1ncccn1)c1ccc(NS(=O)(=O)c2cn(C3CCCC3)nc2-c2cccs2)cc1. The summed E-state index contributed by atoms with van der Waals surface area (Å²) in [6.07, 6.45) is 8.56. The molecule has 0 bridgehead atoms. The van der Waals surface area contributed by atoms with Crippen molar-refractivity contribution < 1.29 is 16.8 Å². The molecule has 0 radical (unpaired) electrons. The fourth-order valence-corrected chi connectivity index (χ4v) is 6.91. The lowest BCUT2D eigenvalue weighted by molar-refractivity contribution is 0.467. The van der Waals surface area contributed by atoms with E-state index in [0.29, 0.717) is 5.69 Å². The Kier molecular flexibility index (Phi) is 6.30. The van der Waals surface area contributed by atoms with Crippen molar-refractivity contribution in [3.8, 4) is 10.6 Å². The van der Waals surface area contributed by atoms with Crippen molar-refractivity contribution in [2.45, 2.75) is 41.5 Å². The molecule has 10 nitrogen and oxygen atoms in total. The van der Waals surface area contributed by atoms with Gasteiger partial charge in [0.15, 0.2) is 0 Å². The summed E-state index contributed by atoms with van der Waals surface area (Å²) in [6.45, 7) is 0. The number of nitrogens with zero attached hydrogens (tertiary/aromatic N) is 4. The average molecular weight is 531 g/mol. The molecule has 182 valence electrons. The van der Waals surface area contributed by atoms with Gasteiger partial charge in [-0.25, -0.2) is 31.5 Å². The van der Waals surface area contributed by atoms with E-state index in [1.807, 2.05) is 17.5 Å². The van der Waals surface area contributed by atoms with Crippen LogP contribution in [0.4, 0.5) is 11.6 Å². The van der Waals surface area contributed by atoms with Gasteiger partial charge in [0.05, 0.1) is 15.8 Å². The normalized spacial score (nSPS) is 14.7. The molecule has 1 aromatic carbocycles. The Morgan fingerprint density at radius 1 is 0.886 bits per heavy atom. The van der Waals surface area contributed by atoms with Crippen molar-refractivity contribution in [1.82, 2.24) is 19.7 Å². The summed E-state index contributed by atoms with van der Waals surface area (Å²) in [5.41, 5.74) is 0.635. The number of nitrogens with one attached hydrogen (secondary N) is 2. The standard InChI is InChI=1S/C22H22N6O4S3/c29-34(30,27-22-23-12-4-13-24-22)18-10-8-16(9-11-18)26-35(31,32)20-15-28(17-5-1-2-6-17)25-21(20)19-7-3-14-33-19/h3-4,7-15,17,26H,1-2,5-6H2,(H,23,24,27). The maximum Gasteiger partial charge on any atom is 0.265 e. The number of thiophene rings is 1. The number of aromatic nitrogens is 4. The summed E-state index contributed by atoms with van der Waals surface area (Å²) in [6, 6.07) is 10.9. The highest BCUT2D eigenvalue weighted by molar-refractivity contribution is 7.93. The Bertz CT molecular complexity index is 1510. The van der Waals surface area contributed by atoms with Gasteiger partial charge in [0.25, 0.3) is 20.0 Å². The van der Waals surface area contributed by atoms with Crippen LogP contribution in [0.5, 0.6) is 0 Å². The van der Waals surface area contributed by atoms with Crippen LogP contribution in [0.3, 0.4) is 0 Å². The van der Waals surface area contributed by atoms with Crippen molar-refractivity contribution in [3.05, 3.63) is 66.4 Å². The average Bonchev–Trinajstić information content (AvgIpc) is 3.61. The molecule has 35 heavy (non-hydrogen) atoms. The van der Waals surface area contributed by atoms with Gasteiger partial charge in [-0.15, -0.1) is 11.3 Å². The van der Waals surface area contributed by atoms with Crippen molar-refractivity contribution >= 4 is 43.0 Å². The van der Waals surface area contributed by atoms with Gasteiger partial charge in [0, 0.05) is 24.3 Å². The van der Waals surface area contributed by atoms with Crippen LogP contribution in [0.1, 0.15) is 31.7 Å². The van der Waals surface area contributed by atoms with Crippen LogP contribution in [-0.2, 0) is 20.0 Å². The van der Waals surface area contributed by atoms with Gasteiger partial charge < -0.3 is 0 Å². The van der Waals surface area contributed by atoms with E-state index in [-0.39, 0.29) is 27.5 Å². The third kappa shape index (κ3) is 5.06. The van der Waals surface area contributed by atoms with Crippen LogP contribution >= 0.6 is 11.3 Å². The monoisotopic (exact) mass is 530 g/mol. The fourth-order valence-electron chi connectivity index (χ4n) is 3.95. The smallest absolute Gasteiger partial charge is 0.265 e. The molecule has 1 aliphatic rings. The van der Waals surface area contributed by atoms with Gasteiger partial charge >= 0.3 is 0 Å². The molecule has 1 aliphatic carbocycles. The van der Waals surface area contributed by atoms with Gasteiger partial charge in [0.2, 0.25) is 5.95 Å². The third-order valence-corrected chi connectivity index (χ3v) is 9.25. The molecule has 0 saturated heterocycles. The minimum Gasteiger partial charge on any atom is -0.280 e. The molecule has 0 spiro atoms. The van der Waals surface area contributed by atoms with Crippen LogP contribution in [0.2, 0.25) is 0 Å². The Hall–Kier alpha value is -3.29. The first kappa shape index (κ1) is 23.5. The second-order valence-electron chi connectivity index (χ2n) is 8.05. The van der Waals surface area contributed by atoms with Crippen LogP contribution < -0.4 is 9.44 Å². The molecule has 4 aromatic rings. The van der Waals surface area contributed by atoms with Gasteiger partial charge in [-0.3, -0.25) is 9.40 Å². The highest BCUT2D eigenvalue weighted by Gasteiger charge is 2.28. The van der Waals surface area contributed by atoms with E-state index in [0.717, 1.165) is 30.6 Å². The largest absolute Gasteiger partial charge is 0.280 e. The van der Waals surface area contributed by atoms with E-state index < -0.39 is 20.0 Å². The summed E-state index contributed by atoms with van der Waals surface area (Å²) in [5.74, 6) is -0.0577. The zero-order chi connectivity index (χ0) is 24.5. The Labute approximate surface area is 207 Å². The Morgan fingerprint density at radius 2 is 1.60 bits per heavy atom. The number of benzene rings is 1. The first-order valence-electron chi connectivity index (χ1n) is 10.9. The van der Waals surface area contributed by atoms with E-state index in [1.54, 1.807) is 16.9 Å². The van der Waals surface area contributed by atoms with E-state index in [9.17, 15) is 16.8 Å². The molecular weight excluding hydrogens is 508 g/mol. The Morgan fingerprint density at radius 3 is 2.26 bits per heavy atom. The zero-order valence-electron chi connectivity index (χ0n) is 18.4. The van der Waals surface area contributed by atoms with Gasteiger partial charge in [-0.1, -0.05) is 18.9 Å². The van der Waals surface area contributed by atoms with Crippen LogP contribution in [0, 0.1) is 0 Å². The van der Waals surface area contributed by atoms with Crippen molar-refractivity contribution in [2.24, 2.45) is 0 Å². The predicted octanol–water partition coefficient (Wildman–Crippen LogP) is 4.12. The number of sulfonamides is 2. The number of hydrogen-bond acceptors (Lipinski definition) is 8. The van der Waals surface area contributed by atoms with Gasteiger partial charge in [-0.05, 0) is 54.6 Å². The van der Waals surface area contributed by atoms with Gasteiger partial charge in [0.1, 0.15) is 10.6 Å². The van der Waals surface area contributed by atoms with Crippen LogP contribution in [0.25, 0.3) is 10.6 Å². The molecule has 5 rings (SSSR count). The highest BCUT2D eigenvalue weighted by atomic mass is 32.2. The molecular formula is C22H22N6O4S3. The topological polar surface area (TPSA) is 136 Å². The summed E-state index contributed by atoms with van der Waals surface area (Å²) < 4.78 is 58.5. The van der Waals surface area contributed by atoms with Crippen LogP contribution in [0.15, 0.2) is 76.2 Å². The van der Waals surface area contributed by atoms with E-state index >= 15 is 0 Å². The molecule has 2 N–H and O–H groups in total. The maximum absolute atomic E-state index is 13.4. The van der Waals surface area contributed by atoms with E-state index in [1.165, 1.54) is 48.0 Å². The Balaban J connectivity index is 1.40. The molecule has 0 aliphatic heterocycles. The van der Waals surface area contributed by atoms with Crippen molar-refractivity contribution in [3.63, 3.8) is 0 Å². The zero-order valence-corrected chi connectivity index (χ0v) is 20.9. The second kappa shape index (κ2) is 9.40. The van der Waals surface area contributed by atoms with Gasteiger partial charge in [-0.2, -0.15) is 5.10 Å². The minimum atomic E-state index is -3.99. The molecule has 3 heterocycles. The molecule has 13 heteroatoms. The number of rotatable bonds is 8. The summed E-state index contributed by atoms with van der Waals surface area (Å²) >= 11 is 1.42. The van der Waals surface area contributed by atoms with E-state index in [2.05, 4.69) is 24.5 Å². The first-order chi connectivity index (χ1) is 16.8. The fraction of sp³-hybridized carbons (Fsp3) is 0.227. The first-order valence-corrected chi connectivity index (χ1v) is 14.7.